The molecule has 1 fully saturated rings. The van der Waals surface area contributed by atoms with Crippen LogP contribution in [0.5, 0.6) is 0 Å². The molecule has 0 saturated carbocycles. The first-order chi connectivity index (χ1) is 6.83. The first-order valence-electron chi connectivity index (χ1n) is 5.24. The fourth-order valence-electron chi connectivity index (χ4n) is 2.31. The van der Waals surface area contributed by atoms with E-state index in [0.29, 0.717) is 12.1 Å². The van der Waals surface area contributed by atoms with Gasteiger partial charge in [0.05, 0.1) is 6.73 Å². The molecule has 0 radical (unpaired) electrons. The quantitative estimate of drug-likeness (QED) is 0.774. The standard InChI is InChI=1S/C12H17NO/c1-10-7-8-12(13(10)9-14)11-5-3-2-4-6-11/h2-6,10,12,14H,7-9H2,1H3. The summed E-state index contributed by atoms with van der Waals surface area (Å²) < 4.78 is 0. The number of nitrogens with zero attached hydrogens (tertiary/aromatic N) is 1. The van der Waals surface area contributed by atoms with Crippen molar-refractivity contribution in [3.8, 4) is 0 Å². The van der Waals surface area contributed by atoms with Gasteiger partial charge in [0.15, 0.2) is 0 Å². The third-order valence-corrected chi connectivity index (χ3v) is 3.17. The molecule has 0 bridgehead atoms. The molecule has 14 heavy (non-hydrogen) atoms. The molecule has 0 spiro atoms. The van der Waals surface area contributed by atoms with Crippen LogP contribution in [0.2, 0.25) is 0 Å². The normalized spacial score (nSPS) is 28.1. The van der Waals surface area contributed by atoms with Gasteiger partial charge >= 0.3 is 0 Å². The molecule has 2 heteroatoms. The molecule has 1 aromatic rings. The summed E-state index contributed by atoms with van der Waals surface area (Å²) in [5, 5.41) is 9.29. The van der Waals surface area contributed by atoms with Crippen molar-refractivity contribution in [2.45, 2.75) is 31.8 Å². The molecular formula is C12H17NO. The van der Waals surface area contributed by atoms with Crippen molar-refractivity contribution in [2.24, 2.45) is 0 Å². The van der Waals surface area contributed by atoms with Crippen molar-refractivity contribution in [3.05, 3.63) is 35.9 Å². The van der Waals surface area contributed by atoms with Crippen molar-refractivity contribution in [3.63, 3.8) is 0 Å². The van der Waals surface area contributed by atoms with E-state index in [9.17, 15) is 5.11 Å². The molecule has 0 amide bonds. The zero-order valence-corrected chi connectivity index (χ0v) is 8.56. The average Bonchev–Trinajstić information content (AvgIpc) is 2.61. The molecule has 76 valence electrons. The molecule has 1 aliphatic rings. The topological polar surface area (TPSA) is 23.5 Å². The fourth-order valence-corrected chi connectivity index (χ4v) is 2.31. The van der Waals surface area contributed by atoms with Gasteiger partial charge < -0.3 is 5.11 Å². The van der Waals surface area contributed by atoms with E-state index in [0.717, 1.165) is 6.42 Å². The predicted molar refractivity (Wildman–Crippen MR) is 56.8 cm³/mol. The van der Waals surface area contributed by atoms with E-state index >= 15 is 0 Å². The Balaban J connectivity index is 2.19. The Morgan fingerprint density at radius 2 is 2.00 bits per heavy atom. The first-order valence-corrected chi connectivity index (χ1v) is 5.24. The molecule has 1 N–H and O–H groups in total. The largest absolute Gasteiger partial charge is 0.381 e. The van der Waals surface area contributed by atoms with Gasteiger partial charge in [0.2, 0.25) is 0 Å². The molecular weight excluding hydrogens is 174 g/mol. The Bertz CT molecular complexity index is 286. The lowest BCUT2D eigenvalue weighted by atomic mass is 10.1. The van der Waals surface area contributed by atoms with Gasteiger partial charge in [-0.15, -0.1) is 0 Å². The van der Waals surface area contributed by atoms with Crippen LogP contribution in [0.25, 0.3) is 0 Å². The number of benzene rings is 1. The van der Waals surface area contributed by atoms with Crippen LogP contribution in [0.15, 0.2) is 30.3 Å². The van der Waals surface area contributed by atoms with E-state index in [1.807, 2.05) is 6.07 Å². The first kappa shape index (κ1) is 9.69. The van der Waals surface area contributed by atoms with Crippen LogP contribution in [0.4, 0.5) is 0 Å². The van der Waals surface area contributed by atoms with Gasteiger partial charge in [0.1, 0.15) is 0 Å². The molecule has 2 atom stereocenters. The highest BCUT2D eigenvalue weighted by Crippen LogP contribution is 2.34. The lowest BCUT2D eigenvalue weighted by Gasteiger charge is -2.26. The van der Waals surface area contributed by atoms with Crippen LogP contribution in [0.1, 0.15) is 31.4 Å². The summed E-state index contributed by atoms with van der Waals surface area (Å²) >= 11 is 0. The molecule has 1 aromatic carbocycles. The number of aliphatic hydroxyl groups is 1. The molecule has 2 rings (SSSR count). The van der Waals surface area contributed by atoms with Crippen molar-refractivity contribution < 1.29 is 5.11 Å². The minimum Gasteiger partial charge on any atom is -0.381 e. The molecule has 2 nitrogen and oxygen atoms in total. The average molecular weight is 191 g/mol. The third-order valence-electron chi connectivity index (χ3n) is 3.17. The summed E-state index contributed by atoms with van der Waals surface area (Å²) in [6.45, 7) is 2.35. The molecule has 1 aliphatic heterocycles. The maximum atomic E-state index is 9.29. The molecule has 0 aromatic heterocycles. The second kappa shape index (κ2) is 4.11. The highest BCUT2D eigenvalue weighted by atomic mass is 16.3. The SMILES string of the molecule is CC1CCC(c2ccccc2)N1CO. The number of likely N-dealkylation sites (tertiary alicyclic amines) is 1. The zero-order chi connectivity index (χ0) is 9.97. The number of rotatable bonds is 2. The molecule has 1 saturated heterocycles. The van der Waals surface area contributed by atoms with Crippen LogP contribution < -0.4 is 0 Å². The van der Waals surface area contributed by atoms with Crippen LogP contribution >= 0.6 is 0 Å². The number of hydrogen-bond acceptors (Lipinski definition) is 2. The molecule has 0 aliphatic carbocycles. The van der Waals surface area contributed by atoms with Crippen molar-refractivity contribution >= 4 is 0 Å². The van der Waals surface area contributed by atoms with E-state index in [1.54, 1.807) is 0 Å². The molecule has 2 unspecified atom stereocenters. The van der Waals surface area contributed by atoms with Crippen molar-refractivity contribution in [1.82, 2.24) is 4.90 Å². The van der Waals surface area contributed by atoms with E-state index in [1.165, 1.54) is 12.0 Å². The summed E-state index contributed by atoms with van der Waals surface area (Å²) in [5.74, 6) is 0. The van der Waals surface area contributed by atoms with E-state index in [-0.39, 0.29) is 6.73 Å². The maximum absolute atomic E-state index is 9.29. The maximum Gasteiger partial charge on any atom is 0.0963 e. The minimum absolute atomic E-state index is 0.167. The second-order valence-electron chi connectivity index (χ2n) is 4.01. The van der Waals surface area contributed by atoms with E-state index in [2.05, 4.69) is 36.1 Å². The van der Waals surface area contributed by atoms with Crippen LogP contribution in [0, 0.1) is 0 Å². The second-order valence-corrected chi connectivity index (χ2v) is 4.01. The minimum atomic E-state index is 0.167. The third kappa shape index (κ3) is 1.68. The van der Waals surface area contributed by atoms with Crippen LogP contribution in [-0.4, -0.2) is 22.8 Å². The van der Waals surface area contributed by atoms with Gasteiger partial charge in [-0.25, -0.2) is 0 Å². The zero-order valence-electron chi connectivity index (χ0n) is 8.56. The van der Waals surface area contributed by atoms with Crippen molar-refractivity contribution in [2.75, 3.05) is 6.73 Å². The smallest absolute Gasteiger partial charge is 0.0963 e. The monoisotopic (exact) mass is 191 g/mol. The lowest BCUT2D eigenvalue weighted by molar-refractivity contribution is 0.0683. The van der Waals surface area contributed by atoms with E-state index < -0.39 is 0 Å². The van der Waals surface area contributed by atoms with Gasteiger partial charge in [0.25, 0.3) is 0 Å². The summed E-state index contributed by atoms with van der Waals surface area (Å²) in [4.78, 5) is 2.16. The Morgan fingerprint density at radius 3 is 2.64 bits per heavy atom. The van der Waals surface area contributed by atoms with E-state index in [4.69, 9.17) is 0 Å². The fraction of sp³-hybridized carbons (Fsp3) is 0.500. The lowest BCUT2D eigenvalue weighted by Crippen LogP contribution is -2.30. The van der Waals surface area contributed by atoms with Gasteiger partial charge in [-0.05, 0) is 25.3 Å². The Morgan fingerprint density at radius 1 is 1.29 bits per heavy atom. The van der Waals surface area contributed by atoms with Crippen molar-refractivity contribution in [1.29, 1.82) is 0 Å². The van der Waals surface area contributed by atoms with Gasteiger partial charge in [-0.2, -0.15) is 0 Å². The van der Waals surface area contributed by atoms with Gasteiger partial charge in [0, 0.05) is 12.1 Å². The van der Waals surface area contributed by atoms with Crippen LogP contribution in [-0.2, 0) is 0 Å². The Kier molecular flexibility index (Phi) is 2.85. The highest BCUT2D eigenvalue weighted by molar-refractivity contribution is 5.20. The Labute approximate surface area is 85.2 Å². The molecule has 1 heterocycles. The summed E-state index contributed by atoms with van der Waals surface area (Å²) in [7, 11) is 0. The predicted octanol–water partition coefficient (Wildman–Crippen LogP) is 2.16. The summed E-state index contributed by atoms with van der Waals surface area (Å²) in [6.07, 6.45) is 2.34. The van der Waals surface area contributed by atoms with Gasteiger partial charge in [-0.1, -0.05) is 30.3 Å². The van der Waals surface area contributed by atoms with Crippen LogP contribution in [0.3, 0.4) is 0 Å². The number of aliphatic hydroxyl groups excluding tert-OH is 1. The number of hydrogen-bond donors (Lipinski definition) is 1. The van der Waals surface area contributed by atoms with Gasteiger partial charge in [-0.3, -0.25) is 4.90 Å². The summed E-state index contributed by atoms with van der Waals surface area (Å²) in [6, 6.07) is 11.4. The highest BCUT2D eigenvalue weighted by Gasteiger charge is 2.30. The Hall–Kier alpha value is -0.860. The summed E-state index contributed by atoms with van der Waals surface area (Å²) in [5.41, 5.74) is 1.32.